The second-order valence-electron chi connectivity index (χ2n) is 3.86. The molecule has 8 nitrogen and oxygen atoms in total. The van der Waals surface area contributed by atoms with E-state index in [1.54, 1.807) is 0 Å². The minimum atomic E-state index is -0.538. The molecule has 1 aliphatic rings. The molecule has 0 aliphatic heterocycles. The highest BCUT2D eigenvalue weighted by molar-refractivity contribution is 5.48. The first-order valence-corrected chi connectivity index (χ1v) is 5.28. The molecule has 0 unspecified atom stereocenters. The van der Waals surface area contributed by atoms with E-state index in [-0.39, 0.29) is 29.3 Å². The van der Waals surface area contributed by atoms with Crippen LogP contribution < -0.4 is 16.0 Å². The normalized spacial score (nSPS) is 15.2. The molecule has 8 heteroatoms. The van der Waals surface area contributed by atoms with Gasteiger partial charge in [0, 0.05) is 0 Å². The van der Waals surface area contributed by atoms with Crippen molar-refractivity contribution in [2.45, 2.75) is 32.3 Å². The standard InChI is InChI=1S/C9H13N5O3/c1-5-7(14(15)16)8(12-9(11-5)13-10)17-6-3-2-4-6/h6H,2-4,10H2,1H3,(H,11,12,13). The summed E-state index contributed by atoms with van der Waals surface area (Å²) in [7, 11) is 0. The summed E-state index contributed by atoms with van der Waals surface area (Å²) >= 11 is 0. The Morgan fingerprint density at radius 2 is 2.24 bits per heavy atom. The van der Waals surface area contributed by atoms with E-state index in [9.17, 15) is 10.1 Å². The first-order chi connectivity index (χ1) is 8.11. The zero-order valence-corrected chi connectivity index (χ0v) is 9.34. The maximum Gasteiger partial charge on any atom is 0.352 e. The third-order valence-corrected chi connectivity index (χ3v) is 2.67. The molecule has 0 bridgehead atoms. The third-order valence-electron chi connectivity index (χ3n) is 2.67. The Kier molecular flexibility index (Phi) is 3.05. The second kappa shape index (κ2) is 4.50. The highest BCUT2D eigenvalue weighted by Gasteiger charge is 2.28. The van der Waals surface area contributed by atoms with Crippen LogP contribution >= 0.6 is 0 Å². The average molecular weight is 239 g/mol. The molecule has 1 aromatic heterocycles. The molecule has 92 valence electrons. The van der Waals surface area contributed by atoms with Gasteiger partial charge in [-0.05, 0) is 26.2 Å². The van der Waals surface area contributed by atoms with Crippen LogP contribution in [0.1, 0.15) is 25.0 Å². The highest BCUT2D eigenvalue weighted by atomic mass is 16.6. The van der Waals surface area contributed by atoms with E-state index in [0.29, 0.717) is 0 Å². The number of hydrazine groups is 1. The SMILES string of the molecule is Cc1nc(NN)nc(OC2CCC2)c1[N+](=O)[O-]. The number of aryl methyl sites for hydroxylation is 1. The van der Waals surface area contributed by atoms with Crippen LogP contribution in [-0.4, -0.2) is 21.0 Å². The van der Waals surface area contributed by atoms with Crippen LogP contribution in [0.3, 0.4) is 0 Å². The van der Waals surface area contributed by atoms with Crippen LogP contribution in [0, 0.1) is 17.0 Å². The van der Waals surface area contributed by atoms with Crippen molar-refractivity contribution in [3.8, 4) is 5.88 Å². The monoisotopic (exact) mass is 239 g/mol. The molecular weight excluding hydrogens is 226 g/mol. The summed E-state index contributed by atoms with van der Waals surface area (Å²) in [5.41, 5.74) is 2.29. The fourth-order valence-corrected chi connectivity index (χ4v) is 1.54. The van der Waals surface area contributed by atoms with Gasteiger partial charge in [-0.3, -0.25) is 15.5 Å². The predicted octanol–water partition coefficient (Wildman–Crippen LogP) is 0.910. The number of rotatable bonds is 4. The number of ether oxygens (including phenoxy) is 1. The van der Waals surface area contributed by atoms with E-state index < -0.39 is 4.92 Å². The van der Waals surface area contributed by atoms with Crippen molar-refractivity contribution in [3.63, 3.8) is 0 Å². The summed E-state index contributed by atoms with van der Waals surface area (Å²) in [5.74, 6) is 5.29. The summed E-state index contributed by atoms with van der Waals surface area (Å²) in [4.78, 5) is 18.1. The van der Waals surface area contributed by atoms with Crippen molar-refractivity contribution in [1.29, 1.82) is 0 Å². The Hall–Kier alpha value is -1.96. The van der Waals surface area contributed by atoms with Crippen LogP contribution in [0.5, 0.6) is 5.88 Å². The van der Waals surface area contributed by atoms with E-state index >= 15 is 0 Å². The molecule has 1 aromatic rings. The van der Waals surface area contributed by atoms with Gasteiger partial charge in [-0.1, -0.05) is 0 Å². The zero-order chi connectivity index (χ0) is 12.4. The van der Waals surface area contributed by atoms with Crippen molar-refractivity contribution < 1.29 is 9.66 Å². The van der Waals surface area contributed by atoms with Gasteiger partial charge in [-0.25, -0.2) is 10.8 Å². The van der Waals surface area contributed by atoms with E-state index in [1.165, 1.54) is 6.92 Å². The van der Waals surface area contributed by atoms with Gasteiger partial charge in [0.15, 0.2) is 0 Å². The lowest BCUT2D eigenvalue weighted by atomic mass is 9.96. The lowest BCUT2D eigenvalue weighted by molar-refractivity contribution is -0.387. The number of nitro groups is 1. The van der Waals surface area contributed by atoms with Crippen molar-refractivity contribution in [2.75, 3.05) is 5.43 Å². The van der Waals surface area contributed by atoms with E-state index in [2.05, 4.69) is 15.4 Å². The maximum atomic E-state index is 10.9. The Bertz CT molecular complexity index is 447. The molecule has 1 saturated carbocycles. The van der Waals surface area contributed by atoms with Crippen LogP contribution in [0.2, 0.25) is 0 Å². The summed E-state index contributed by atoms with van der Waals surface area (Å²) in [6.07, 6.45) is 2.87. The molecule has 1 fully saturated rings. The van der Waals surface area contributed by atoms with Crippen molar-refractivity contribution in [2.24, 2.45) is 5.84 Å². The van der Waals surface area contributed by atoms with E-state index in [0.717, 1.165) is 19.3 Å². The summed E-state index contributed by atoms with van der Waals surface area (Å²) < 4.78 is 5.48. The fraction of sp³-hybridized carbons (Fsp3) is 0.556. The number of nitrogens with zero attached hydrogens (tertiary/aromatic N) is 3. The smallest absolute Gasteiger partial charge is 0.352 e. The fourth-order valence-electron chi connectivity index (χ4n) is 1.54. The van der Waals surface area contributed by atoms with Crippen molar-refractivity contribution >= 4 is 11.6 Å². The number of nitrogens with two attached hydrogens (primary N) is 1. The number of nitrogens with one attached hydrogen (secondary N) is 1. The minimum Gasteiger partial charge on any atom is -0.469 e. The molecule has 2 rings (SSSR count). The predicted molar refractivity (Wildman–Crippen MR) is 59.5 cm³/mol. The van der Waals surface area contributed by atoms with Gasteiger partial charge in [0.1, 0.15) is 11.8 Å². The molecule has 0 atom stereocenters. The first kappa shape index (κ1) is 11.5. The van der Waals surface area contributed by atoms with E-state index in [1.807, 2.05) is 0 Å². The maximum absolute atomic E-state index is 10.9. The van der Waals surface area contributed by atoms with E-state index in [4.69, 9.17) is 10.6 Å². The number of aromatic nitrogens is 2. The topological polar surface area (TPSA) is 116 Å². The van der Waals surface area contributed by atoms with Crippen molar-refractivity contribution in [3.05, 3.63) is 15.8 Å². The van der Waals surface area contributed by atoms with Crippen LogP contribution in [0.4, 0.5) is 11.6 Å². The van der Waals surface area contributed by atoms with Gasteiger partial charge in [0.2, 0.25) is 5.95 Å². The molecule has 3 N–H and O–H groups in total. The minimum absolute atomic E-state index is 0.00799. The van der Waals surface area contributed by atoms with Gasteiger partial charge in [0.05, 0.1) is 4.92 Å². The average Bonchev–Trinajstić information content (AvgIpc) is 2.22. The number of hydrogen-bond acceptors (Lipinski definition) is 7. The second-order valence-corrected chi connectivity index (χ2v) is 3.86. The van der Waals surface area contributed by atoms with Crippen LogP contribution in [0.15, 0.2) is 0 Å². The molecule has 17 heavy (non-hydrogen) atoms. The summed E-state index contributed by atoms with van der Waals surface area (Å²) in [5, 5.41) is 10.9. The summed E-state index contributed by atoms with van der Waals surface area (Å²) in [6, 6.07) is 0. The Morgan fingerprint density at radius 1 is 1.53 bits per heavy atom. The Balaban J connectivity index is 2.36. The van der Waals surface area contributed by atoms with Crippen LogP contribution in [0.25, 0.3) is 0 Å². The lowest BCUT2D eigenvalue weighted by Crippen LogP contribution is -2.26. The largest absolute Gasteiger partial charge is 0.469 e. The molecule has 1 heterocycles. The highest BCUT2D eigenvalue weighted by Crippen LogP contribution is 2.32. The van der Waals surface area contributed by atoms with Gasteiger partial charge in [0.25, 0.3) is 5.88 Å². The molecule has 0 aromatic carbocycles. The summed E-state index contributed by atoms with van der Waals surface area (Å²) in [6.45, 7) is 1.52. The number of anilines is 1. The van der Waals surface area contributed by atoms with Gasteiger partial charge in [-0.2, -0.15) is 4.98 Å². The molecule has 0 amide bonds. The van der Waals surface area contributed by atoms with Crippen LogP contribution in [-0.2, 0) is 0 Å². The Morgan fingerprint density at radius 3 is 2.71 bits per heavy atom. The molecular formula is C9H13N5O3. The number of nitrogen functional groups attached to an aromatic ring is 1. The first-order valence-electron chi connectivity index (χ1n) is 5.28. The zero-order valence-electron chi connectivity index (χ0n) is 9.34. The molecule has 0 radical (unpaired) electrons. The number of hydrogen-bond donors (Lipinski definition) is 2. The van der Waals surface area contributed by atoms with Gasteiger partial charge >= 0.3 is 5.69 Å². The molecule has 0 spiro atoms. The Labute approximate surface area is 97.3 Å². The molecule has 0 saturated heterocycles. The quantitative estimate of drug-likeness (QED) is 0.455. The van der Waals surface area contributed by atoms with Gasteiger partial charge < -0.3 is 4.74 Å². The lowest BCUT2D eigenvalue weighted by Gasteiger charge is -2.25. The van der Waals surface area contributed by atoms with Gasteiger partial charge in [-0.15, -0.1) is 0 Å². The third kappa shape index (κ3) is 2.26. The van der Waals surface area contributed by atoms with Crippen molar-refractivity contribution in [1.82, 2.24) is 9.97 Å². The molecule has 1 aliphatic carbocycles.